The zero-order valence-electron chi connectivity index (χ0n) is 15.6. The molecule has 4 nitrogen and oxygen atoms in total. The van der Waals surface area contributed by atoms with Gasteiger partial charge in [-0.2, -0.15) is 0 Å². The highest BCUT2D eigenvalue weighted by molar-refractivity contribution is 5.88. The Morgan fingerprint density at radius 3 is 2.62 bits per heavy atom. The first-order chi connectivity index (χ1) is 12.5. The number of nitrogens with two attached hydrogens (primary N) is 1. The van der Waals surface area contributed by atoms with Crippen molar-refractivity contribution in [2.45, 2.75) is 62.1 Å². The summed E-state index contributed by atoms with van der Waals surface area (Å²) in [6.45, 7) is 4.51. The second kappa shape index (κ2) is 4.53. The summed E-state index contributed by atoms with van der Waals surface area (Å²) in [5.74, 6) is 1.02. The molecule has 6 aliphatic rings. The molecule has 2 bridgehead atoms. The van der Waals surface area contributed by atoms with Crippen LogP contribution in [0.5, 0.6) is 0 Å². The van der Waals surface area contributed by atoms with E-state index in [-0.39, 0.29) is 22.0 Å². The average Bonchev–Trinajstić information content (AvgIpc) is 2.94. The van der Waals surface area contributed by atoms with Gasteiger partial charge < -0.3 is 15.4 Å². The maximum Gasteiger partial charge on any atom is 0.231 e. The van der Waals surface area contributed by atoms with Gasteiger partial charge in [0.2, 0.25) is 5.91 Å². The number of fused-ring (bicyclic) bond motifs is 1. The third kappa shape index (κ3) is 1.62. The Labute approximate surface area is 155 Å². The summed E-state index contributed by atoms with van der Waals surface area (Å²) in [5, 5.41) is 0. The van der Waals surface area contributed by atoms with Crippen molar-refractivity contribution in [3.05, 3.63) is 35.4 Å². The van der Waals surface area contributed by atoms with E-state index in [2.05, 4.69) is 36.1 Å². The Kier molecular flexibility index (Phi) is 2.73. The number of rotatable bonds is 3. The van der Waals surface area contributed by atoms with Gasteiger partial charge >= 0.3 is 0 Å². The molecule has 1 aromatic carbocycles. The lowest BCUT2D eigenvalue weighted by molar-refractivity contribution is -0.156. The third-order valence-electron chi connectivity index (χ3n) is 8.53. The van der Waals surface area contributed by atoms with Crippen LogP contribution in [0.2, 0.25) is 0 Å². The predicted octanol–water partition coefficient (Wildman–Crippen LogP) is 2.53. The van der Waals surface area contributed by atoms with Gasteiger partial charge in [-0.15, -0.1) is 0 Å². The normalized spacial score (nSPS) is 43.8. The maximum atomic E-state index is 13.7. The highest BCUT2D eigenvalue weighted by atomic mass is 16.5. The molecule has 1 aromatic rings. The summed E-state index contributed by atoms with van der Waals surface area (Å²) in [5.41, 5.74) is 8.30. The number of ether oxygens (including phenoxy) is 1. The molecule has 1 spiro atoms. The van der Waals surface area contributed by atoms with Crippen LogP contribution in [0, 0.1) is 18.3 Å². The van der Waals surface area contributed by atoms with Crippen LogP contribution in [0.3, 0.4) is 0 Å². The molecule has 2 atom stereocenters. The summed E-state index contributed by atoms with van der Waals surface area (Å²) in [4.78, 5) is 15.9. The number of nitrogens with zero attached hydrogens (tertiary/aromatic N) is 1. The number of amides is 1. The fourth-order valence-electron chi connectivity index (χ4n) is 6.84. The summed E-state index contributed by atoms with van der Waals surface area (Å²) in [6, 6.07) is 8.96. The van der Waals surface area contributed by atoms with Gasteiger partial charge in [0, 0.05) is 25.0 Å². The molecule has 3 saturated carbocycles. The zero-order valence-corrected chi connectivity index (χ0v) is 15.6. The number of aryl methyl sites for hydroxylation is 1. The first-order valence-electron chi connectivity index (χ1n) is 10.2. The number of likely N-dealkylation sites (tertiary alicyclic amines) is 1. The first-order valence-corrected chi connectivity index (χ1v) is 10.2. The molecule has 26 heavy (non-hydrogen) atoms. The van der Waals surface area contributed by atoms with Crippen molar-refractivity contribution in [2.24, 2.45) is 17.1 Å². The molecule has 138 valence electrons. The van der Waals surface area contributed by atoms with Gasteiger partial charge in [-0.3, -0.25) is 4.79 Å². The van der Waals surface area contributed by atoms with Crippen molar-refractivity contribution in [3.8, 4) is 0 Å². The molecule has 3 heterocycles. The molecular weight excluding hydrogens is 324 g/mol. The number of hydrogen-bond donors (Lipinski definition) is 1. The lowest BCUT2D eigenvalue weighted by atomic mass is 9.50. The molecule has 0 radical (unpaired) electrons. The Balaban J connectivity index is 1.27. The zero-order chi connectivity index (χ0) is 17.8. The van der Waals surface area contributed by atoms with Crippen molar-refractivity contribution in [3.63, 3.8) is 0 Å². The van der Waals surface area contributed by atoms with Gasteiger partial charge in [-0.05, 0) is 56.9 Å². The van der Waals surface area contributed by atoms with Crippen LogP contribution in [-0.2, 0) is 14.9 Å². The molecule has 4 heteroatoms. The third-order valence-corrected chi connectivity index (χ3v) is 8.53. The Hall–Kier alpha value is -1.39. The second-order valence-corrected chi connectivity index (χ2v) is 9.88. The summed E-state index contributed by atoms with van der Waals surface area (Å²) < 4.78 is 6.47. The van der Waals surface area contributed by atoms with E-state index in [1.54, 1.807) is 0 Å². The van der Waals surface area contributed by atoms with E-state index in [0.717, 1.165) is 38.8 Å². The molecule has 2 unspecified atom stereocenters. The van der Waals surface area contributed by atoms with Crippen molar-refractivity contribution in [2.75, 3.05) is 19.6 Å². The van der Waals surface area contributed by atoms with Crippen LogP contribution < -0.4 is 5.73 Å². The molecular formula is C22H28N2O2. The average molecular weight is 352 g/mol. The quantitative estimate of drug-likeness (QED) is 0.909. The summed E-state index contributed by atoms with van der Waals surface area (Å²) >= 11 is 0. The van der Waals surface area contributed by atoms with Crippen LogP contribution >= 0.6 is 0 Å². The van der Waals surface area contributed by atoms with Crippen LogP contribution in [0.25, 0.3) is 0 Å². The Morgan fingerprint density at radius 1 is 1.27 bits per heavy atom. The lowest BCUT2D eigenvalue weighted by Crippen LogP contribution is -2.62. The van der Waals surface area contributed by atoms with E-state index in [9.17, 15) is 4.79 Å². The van der Waals surface area contributed by atoms with Gasteiger partial charge in [0.1, 0.15) is 0 Å². The first kappa shape index (κ1) is 15.6. The fraction of sp³-hybridized carbons (Fsp3) is 0.682. The number of carbonyl (C=O) groups excluding carboxylic acids is 1. The lowest BCUT2D eigenvalue weighted by Gasteiger charge is -2.51. The van der Waals surface area contributed by atoms with E-state index in [4.69, 9.17) is 10.5 Å². The number of benzene rings is 1. The number of hydrogen-bond acceptors (Lipinski definition) is 3. The predicted molar refractivity (Wildman–Crippen MR) is 98.7 cm³/mol. The largest absolute Gasteiger partial charge is 0.366 e. The van der Waals surface area contributed by atoms with Crippen molar-refractivity contribution in [1.29, 1.82) is 0 Å². The molecule has 7 rings (SSSR count). The SMILES string of the molecule is Cc1ccc(C23CC2CN(C(=O)C24CC(CN)(C2)OC42CCC2)C3)cc1. The molecule has 3 aliphatic carbocycles. The summed E-state index contributed by atoms with van der Waals surface area (Å²) in [6.07, 6.45) is 6.22. The number of carbonyl (C=O) groups is 1. The minimum absolute atomic E-state index is 0.187. The highest BCUT2D eigenvalue weighted by Crippen LogP contribution is 2.73. The Morgan fingerprint density at radius 2 is 2.00 bits per heavy atom. The summed E-state index contributed by atoms with van der Waals surface area (Å²) in [7, 11) is 0. The van der Waals surface area contributed by atoms with Gasteiger partial charge in [0.05, 0.1) is 16.6 Å². The van der Waals surface area contributed by atoms with Gasteiger partial charge in [-0.1, -0.05) is 29.8 Å². The van der Waals surface area contributed by atoms with Crippen molar-refractivity contribution < 1.29 is 9.53 Å². The smallest absolute Gasteiger partial charge is 0.231 e. The van der Waals surface area contributed by atoms with Crippen LogP contribution in [0.1, 0.15) is 49.7 Å². The van der Waals surface area contributed by atoms with E-state index in [1.807, 2.05) is 0 Å². The standard InChI is InChI=1S/C22H28N2O2/c1-15-3-5-16(6-4-15)20-9-17(20)10-24(14-20)18(25)21-11-19(12-21,13-23)26-22(21)7-2-8-22/h3-6,17H,2,7-14,23H2,1H3. The molecule has 0 aromatic heterocycles. The van der Waals surface area contributed by atoms with E-state index >= 15 is 0 Å². The van der Waals surface area contributed by atoms with Crippen molar-refractivity contribution >= 4 is 5.91 Å². The molecule has 3 aliphatic heterocycles. The molecule has 6 fully saturated rings. The van der Waals surface area contributed by atoms with Gasteiger partial charge in [0.25, 0.3) is 0 Å². The van der Waals surface area contributed by atoms with Gasteiger partial charge in [0.15, 0.2) is 0 Å². The minimum Gasteiger partial charge on any atom is -0.366 e. The topological polar surface area (TPSA) is 55.6 Å². The second-order valence-electron chi connectivity index (χ2n) is 9.88. The van der Waals surface area contributed by atoms with Crippen molar-refractivity contribution in [1.82, 2.24) is 4.90 Å². The Bertz CT molecular complexity index is 791. The van der Waals surface area contributed by atoms with Crippen LogP contribution in [0.15, 0.2) is 24.3 Å². The minimum atomic E-state index is -0.268. The molecule has 2 N–H and O–H groups in total. The number of piperidine rings is 1. The fourth-order valence-corrected chi connectivity index (χ4v) is 6.84. The highest BCUT2D eigenvalue weighted by Gasteiger charge is 2.80. The van der Waals surface area contributed by atoms with E-state index in [1.165, 1.54) is 24.0 Å². The van der Waals surface area contributed by atoms with Crippen LogP contribution in [0.4, 0.5) is 0 Å². The van der Waals surface area contributed by atoms with Gasteiger partial charge in [-0.25, -0.2) is 0 Å². The maximum absolute atomic E-state index is 13.7. The van der Waals surface area contributed by atoms with E-state index in [0.29, 0.717) is 18.4 Å². The molecule has 3 saturated heterocycles. The van der Waals surface area contributed by atoms with Crippen LogP contribution in [-0.4, -0.2) is 41.6 Å². The monoisotopic (exact) mass is 352 g/mol. The molecule has 1 amide bonds. The van der Waals surface area contributed by atoms with E-state index < -0.39 is 0 Å².